The monoisotopic (exact) mass is 404 g/mol. The van der Waals surface area contributed by atoms with Crippen molar-refractivity contribution in [2.24, 2.45) is 0 Å². The summed E-state index contributed by atoms with van der Waals surface area (Å²) in [5.41, 5.74) is 0.890. The summed E-state index contributed by atoms with van der Waals surface area (Å²) in [5, 5.41) is 0. The highest BCUT2D eigenvalue weighted by molar-refractivity contribution is 7.93. The maximum absolute atomic E-state index is 13.7. The lowest BCUT2D eigenvalue weighted by molar-refractivity contribution is -0.148. The Hall–Kier alpha value is -2.74. The number of aldehydes is 1. The van der Waals surface area contributed by atoms with E-state index in [9.17, 15) is 18.0 Å². The highest BCUT2D eigenvalue weighted by Gasteiger charge is 2.56. The third-order valence-electron chi connectivity index (χ3n) is 4.53. The SMILES string of the molecule is CCN(c1ccccn1)C(CC)(C(=O)OCC=O)S(=O)(=O)c1ccc(C)cc1. The van der Waals surface area contributed by atoms with E-state index in [4.69, 9.17) is 4.74 Å². The fourth-order valence-electron chi connectivity index (χ4n) is 3.14. The van der Waals surface area contributed by atoms with Crippen LogP contribution < -0.4 is 4.90 Å². The number of likely N-dealkylation sites (N-methyl/N-ethyl adjacent to an activating group) is 1. The number of esters is 1. The smallest absolute Gasteiger partial charge is 0.348 e. The van der Waals surface area contributed by atoms with Crippen LogP contribution in [0.5, 0.6) is 0 Å². The topological polar surface area (TPSA) is 93.6 Å². The minimum Gasteiger partial charge on any atom is -0.455 e. The summed E-state index contributed by atoms with van der Waals surface area (Å²) in [7, 11) is -4.22. The molecular formula is C20H24N2O5S. The Balaban J connectivity index is 2.75. The fourth-order valence-corrected chi connectivity index (χ4v) is 5.20. The molecule has 1 unspecified atom stereocenters. The van der Waals surface area contributed by atoms with E-state index >= 15 is 0 Å². The maximum atomic E-state index is 13.7. The van der Waals surface area contributed by atoms with E-state index < -0.39 is 27.3 Å². The van der Waals surface area contributed by atoms with E-state index in [0.29, 0.717) is 12.1 Å². The number of aryl methyl sites for hydroxylation is 1. The zero-order chi connectivity index (χ0) is 20.8. The third-order valence-corrected chi connectivity index (χ3v) is 6.99. The minimum absolute atomic E-state index is 0.00242. The number of hydrogen-bond donors (Lipinski definition) is 0. The maximum Gasteiger partial charge on any atom is 0.348 e. The molecule has 2 aromatic rings. The van der Waals surface area contributed by atoms with Gasteiger partial charge in [0.05, 0.1) is 4.90 Å². The van der Waals surface area contributed by atoms with E-state index in [-0.39, 0.29) is 17.9 Å². The van der Waals surface area contributed by atoms with Crippen molar-refractivity contribution in [1.82, 2.24) is 4.98 Å². The molecule has 1 aromatic heterocycles. The van der Waals surface area contributed by atoms with Crippen molar-refractivity contribution in [2.45, 2.75) is 37.0 Å². The van der Waals surface area contributed by atoms with Gasteiger partial charge in [0.15, 0.2) is 6.29 Å². The second kappa shape index (κ2) is 8.97. The van der Waals surface area contributed by atoms with Gasteiger partial charge in [0.2, 0.25) is 14.7 Å². The lowest BCUT2D eigenvalue weighted by Crippen LogP contribution is -2.61. The van der Waals surface area contributed by atoms with Gasteiger partial charge >= 0.3 is 5.97 Å². The van der Waals surface area contributed by atoms with Crippen molar-refractivity contribution in [3.8, 4) is 0 Å². The first-order valence-electron chi connectivity index (χ1n) is 8.96. The number of carbonyl (C=O) groups is 2. The summed E-state index contributed by atoms with van der Waals surface area (Å²) in [6, 6.07) is 11.3. The summed E-state index contributed by atoms with van der Waals surface area (Å²) in [6.45, 7) is 4.83. The molecule has 0 spiro atoms. The second-order valence-corrected chi connectivity index (χ2v) is 8.31. The van der Waals surface area contributed by atoms with Crippen molar-refractivity contribution in [1.29, 1.82) is 0 Å². The number of carbonyl (C=O) groups excluding carboxylic acids is 2. The Morgan fingerprint density at radius 2 is 1.86 bits per heavy atom. The molecule has 7 nitrogen and oxygen atoms in total. The molecule has 0 N–H and O–H groups in total. The van der Waals surface area contributed by atoms with Gasteiger partial charge in [-0.2, -0.15) is 0 Å². The van der Waals surface area contributed by atoms with Crippen molar-refractivity contribution in [2.75, 3.05) is 18.1 Å². The average Bonchev–Trinajstić information content (AvgIpc) is 2.70. The summed E-state index contributed by atoms with van der Waals surface area (Å²) in [6.07, 6.45) is 1.84. The molecule has 1 aromatic carbocycles. The Morgan fingerprint density at radius 3 is 2.36 bits per heavy atom. The van der Waals surface area contributed by atoms with Crippen LogP contribution in [0.3, 0.4) is 0 Å². The molecule has 2 rings (SSSR count). The van der Waals surface area contributed by atoms with Crippen molar-refractivity contribution in [3.05, 3.63) is 54.2 Å². The van der Waals surface area contributed by atoms with Gasteiger partial charge in [0.1, 0.15) is 12.4 Å². The number of aromatic nitrogens is 1. The first-order valence-corrected chi connectivity index (χ1v) is 10.4. The van der Waals surface area contributed by atoms with Crippen LogP contribution in [0.25, 0.3) is 0 Å². The largest absolute Gasteiger partial charge is 0.455 e. The molecule has 150 valence electrons. The summed E-state index contributed by atoms with van der Waals surface area (Å²) < 4.78 is 32.5. The first kappa shape index (κ1) is 21.6. The molecule has 0 amide bonds. The van der Waals surface area contributed by atoms with E-state index in [1.54, 1.807) is 44.2 Å². The minimum atomic E-state index is -4.22. The van der Waals surface area contributed by atoms with Gasteiger partial charge in [0, 0.05) is 12.7 Å². The highest BCUT2D eigenvalue weighted by atomic mass is 32.2. The molecule has 0 radical (unpaired) electrons. The molecule has 28 heavy (non-hydrogen) atoms. The van der Waals surface area contributed by atoms with Gasteiger partial charge in [0.25, 0.3) is 0 Å². The van der Waals surface area contributed by atoms with E-state index in [2.05, 4.69) is 4.98 Å². The van der Waals surface area contributed by atoms with Gasteiger partial charge in [-0.15, -0.1) is 0 Å². The normalized spacial score (nSPS) is 13.4. The molecule has 0 aliphatic heterocycles. The molecule has 8 heteroatoms. The standard InChI is InChI=1S/C20H24N2O5S/c1-4-20(19(24)27-15-14-23,22(5-2)18-8-6-7-13-21-18)28(25,26)17-11-9-16(3)10-12-17/h6-14H,4-5,15H2,1-3H3. The molecule has 0 aliphatic carbocycles. The number of anilines is 1. The van der Waals surface area contributed by atoms with Gasteiger partial charge < -0.3 is 9.64 Å². The number of sulfone groups is 1. The number of pyridine rings is 1. The first-order chi connectivity index (χ1) is 13.3. The number of ether oxygens (including phenoxy) is 1. The molecule has 1 heterocycles. The van der Waals surface area contributed by atoms with Crippen molar-refractivity contribution in [3.63, 3.8) is 0 Å². The molecular weight excluding hydrogens is 380 g/mol. The average molecular weight is 404 g/mol. The predicted molar refractivity (Wildman–Crippen MR) is 106 cm³/mol. The summed E-state index contributed by atoms with van der Waals surface area (Å²) in [5.74, 6) is -0.680. The predicted octanol–water partition coefficient (Wildman–Crippen LogP) is 2.54. The van der Waals surface area contributed by atoms with Gasteiger partial charge in [-0.3, -0.25) is 4.79 Å². The van der Waals surface area contributed by atoms with Crippen LogP contribution in [0.15, 0.2) is 53.6 Å². The number of nitrogens with zero attached hydrogens (tertiary/aromatic N) is 2. The second-order valence-electron chi connectivity index (χ2n) is 6.15. The van der Waals surface area contributed by atoms with Crippen molar-refractivity contribution < 1.29 is 22.7 Å². The highest BCUT2D eigenvalue weighted by Crippen LogP contribution is 2.36. The third kappa shape index (κ3) is 3.77. The Bertz CT molecular complexity index is 913. The van der Waals surface area contributed by atoms with Crippen LogP contribution in [0.1, 0.15) is 25.8 Å². The van der Waals surface area contributed by atoms with Crippen molar-refractivity contribution >= 4 is 27.9 Å². The van der Waals surface area contributed by atoms with Crippen LogP contribution in [0, 0.1) is 6.92 Å². The Labute approximate surface area is 165 Å². The fraction of sp³-hybridized carbons (Fsp3) is 0.350. The Kier molecular flexibility index (Phi) is 6.90. The van der Waals surface area contributed by atoms with E-state index in [0.717, 1.165) is 5.56 Å². The van der Waals surface area contributed by atoms with Gasteiger partial charge in [-0.05, 0) is 44.5 Å². The zero-order valence-corrected chi connectivity index (χ0v) is 17.0. The lowest BCUT2D eigenvalue weighted by Gasteiger charge is -2.40. The quantitative estimate of drug-likeness (QED) is 0.468. The van der Waals surface area contributed by atoms with Crippen LogP contribution in [0.4, 0.5) is 5.82 Å². The molecule has 0 aliphatic rings. The molecule has 0 saturated carbocycles. The Morgan fingerprint density at radius 1 is 1.18 bits per heavy atom. The molecule has 0 saturated heterocycles. The van der Waals surface area contributed by atoms with Crippen LogP contribution >= 0.6 is 0 Å². The summed E-state index contributed by atoms with van der Waals surface area (Å²) >= 11 is 0. The lowest BCUT2D eigenvalue weighted by atomic mass is 10.1. The van der Waals surface area contributed by atoms with Crippen LogP contribution in [0.2, 0.25) is 0 Å². The molecule has 0 bridgehead atoms. The number of benzene rings is 1. The van der Waals surface area contributed by atoms with Crippen LogP contribution in [-0.4, -0.2) is 43.7 Å². The number of rotatable bonds is 9. The van der Waals surface area contributed by atoms with Gasteiger partial charge in [-0.1, -0.05) is 30.7 Å². The van der Waals surface area contributed by atoms with E-state index in [1.807, 2.05) is 6.92 Å². The van der Waals surface area contributed by atoms with E-state index in [1.165, 1.54) is 23.2 Å². The molecule has 1 atom stereocenters. The van der Waals surface area contributed by atoms with Crippen LogP contribution in [-0.2, 0) is 24.2 Å². The zero-order valence-electron chi connectivity index (χ0n) is 16.2. The number of hydrogen-bond acceptors (Lipinski definition) is 7. The summed E-state index contributed by atoms with van der Waals surface area (Å²) in [4.78, 5) is 27.4. The molecule has 0 fully saturated rings. The van der Waals surface area contributed by atoms with Gasteiger partial charge in [-0.25, -0.2) is 18.2 Å².